The molecule has 2 aromatic rings. The first-order chi connectivity index (χ1) is 13.8. The fourth-order valence-electron chi connectivity index (χ4n) is 2.51. The maximum absolute atomic E-state index is 12.1. The van der Waals surface area contributed by atoms with Crippen molar-refractivity contribution in [3.8, 4) is 0 Å². The standard InChI is InChI=1S/C22H23NO6/c1-14-4-7-16(8-5-14)19(24)10-11-21(26)29-13-20(25)23-18-12-17(22(27)28-3)9-6-15(18)2/h4-9,12H,10-11,13H2,1-3H3,(H,23,25). The van der Waals surface area contributed by atoms with Crippen LogP contribution < -0.4 is 5.32 Å². The number of anilines is 1. The number of amides is 1. The van der Waals surface area contributed by atoms with Gasteiger partial charge in [0.1, 0.15) is 0 Å². The van der Waals surface area contributed by atoms with E-state index in [2.05, 4.69) is 10.1 Å². The summed E-state index contributed by atoms with van der Waals surface area (Å²) < 4.78 is 9.58. The van der Waals surface area contributed by atoms with Crippen LogP contribution in [0.2, 0.25) is 0 Å². The Labute approximate surface area is 169 Å². The zero-order valence-corrected chi connectivity index (χ0v) is 16.6. The highest BCUT2D eigenvalue weighted by Crippen LogP contribution is 2.17. The Morgan fingerprint density at radius 1 is 0.897 bits per heavy atom. The quantitative estimate of drug-likeness (QED) is 0.542. The summed E-state index contributed by atoms with van der Waals surface area (Å²) in [5.41, 5.74) is 3.02. The molecule has 0 saturated heterocycles. The topological polar surface area (TPSA) is 98.8 Å². The van der Waals surface area contributed by atoms with Crippen LogP contribution in [-0.2, 0) is 19.1 Å². The predicted octanol–water partition coefficient (Wildman–Crippen LogP) is 3.23. The van der Waals surface area contributed by atoms with Crippen molar-refractivity contribution < 1.29 is 28.7 Å². The van der Waals surface area contributed by atoms with Crippen LogP contribution in [0.5, 0.6) is 0 Å². The summed E-state index contributed by atoms with van der Waals surface area (Å²) >= 11 is 0. The molecule has 0 fully saturated rings. The van der Waals surface area contributed by atoms with E-state index in [1.807, 2.05) is 19.1 Å². The van der Waals surface area contributed by atoms with Gasteiger partial charge in [0, 0.05) is 17.7 Å². The summed E-state index contributed by atoms with van der Waals surface area (Å²) in [4.78, 5) is 47.5. The van der Waals surface area contributed by atoms with Crippen molar-refractivity contribution in [3.63, 3.8) is 0 Å². The molecule has 1 N–H and O–H groups in total. The fraction of sp³-hybridized carbons (Fsp3) is 0.273. The molecule has 0 unspecified atom stereocenters. The number of methoxy groups -OCH3 is 1. The zero-order chi connectivity index (χ0) is 21.4. The number of benzene rings is 2. The minimum absolute atomic E-state index is 0.00377. The first-order valence-corrected chi connectivity index (χ1v) is 9.04. The van der Waals surface area contributed by atoms with Crippen LogP contribution in [0, 0.1) is 13.8 Å². The van der Waals surface area contributed by atoms with E-state index in [1.54, 1.807) is 31.2 Å². The van der Waals surface area contributed by atoms with Crippen LogP contribution in [0.25, 0.3) is 0 Å². The van der Waals surface area contributed by atoms with Gasteiger partial charge in [-0.15, -0.1) is 0 Å². The van der Waals surface area contributed by atoms with Crippen LogP contribution in [0.3, 0.4) is 0 Å². The van der Waals surface area contributed by atoms with Gasteiger partial charge in [0.15, 0.2) is 12.4 Å². The Balaban J connectivity index is 1.81. The molecule has 29 heavy (non-hydrogen) atoms. The molecule has 0 aliphatic carbocycles. The maximum atomic E-state index is 12.1. The molecular weight excluding hydrogens is 374 g/mol. The van der Waals surface area contributed by atoms with Gasteiger partial charge >= 0.3 is 11.9 Å². The summed E-state index contributed by atoms with van der Waals surface area (Å²) in [6.45, 7) is 3.20. The fourth-order valence-corrected chi connectivity index (χ4v) is 2.51. The van der Waals surface area contributed by atoms with Gasteiger partial charge in [-0.05, 0) is 31.5 Å². The number of hydrogen-bond donors (Lipinski definition) is 1. The molecule has 2 aromatic carbocycles. The summed E-state index contributed by atoms with van der Waals surface area (Å²) in [5.74, 6) is -1.87. The molecule has 0 aromatic heterocycles. The lowest BCUT2D eigenvalue weighted by atomic mass is 10.1. The SMILES string of the molecule is COC(=O)c1ccc(C)c(NC(=O)COC(=O)CCC(=O)c2ccc(C)cc2)c1. The normalized spacial score (nSPS) is 10.2. The number of esters is 2. The number of aryl methyl sites for hydroxylation is 2. The zero-order valence-electron chi connectivity index (χ0n) is 16.6. The summed E-state index contributed by atoms with van der Waals surface area (Å²) in [7, 11) is 1.27. The molecule has 0 spiro atoms. The smallest absolute Gasteiger partial charge is 0.337 e. The molecule has 0 radical (unpaired) electrons. The minimum Gasteiger partial charge on any atom is -0.465 e. The van der Waals surface area contributed by atoms with Crippen molar-refractivity contribution in [2.24, 2.45) is 0 Å². The molecule has 0 aliphatic rings. The lowest BCUT2D eigenvalue weighted by Crippen LogP contribution is -2.21. The van der Waals surface area contributed by atoms with Crippen molar-refractivity contribution in [1.82, 2.24) is 0 Å². The van der Waals surface area contributed by atoms with Gasteiger partial charge in [0.25, 0.3) is 5.91 Å². The van der Waals surface area contributed by atoms with Crippen molar-refractivity contribution in [3.05, 3.63) is 64.7 Å². The molecule has 0 saturated carbocycles. The van der Waals surface area contributed by atoms with E-state index in [1.165, 1.54) is 13.2 Å². The molecule has 7 nitrogen and oxygen atoms in total. The first kappa shape index (κ1) is 21.8. The number of carbonyl (C=O) groups excluding carboxylic acids is 4. The number of carbonyl (C=O) groups is 4. The second-order valence-electron chi connectivity index (χ2n) is 6.52. The average Bonchev–Trinajstić information content (AvgIpc) is 2.72. The maximum Gasteiger partial charge on any atom is 0.337 e. The van der Waals surface area contributed by atoms with E-state index in [0.717, 1.165) is 11.1 Å². The van der Waals surface area contributed by atoms with Gasteiger partial charge in [0.2, 0.25) is 0 Å². The van der Waals surface area contributed by atoms with Gasteiger partial charge in [-0.2, -0.15) is 0 Å². The summed E-state index contributed by atoms with van der Waals surface area (Å²) in [5, 5.41) is 2.59. The van der Waals surface area contributed by atoms with E-state index in [4.69, 9.17) is 4.74 Å². The Morgan fingerprint density at radius 3 is 2.21 bits per heavy atom. The van der Waals surface area contributed by atoms with E-state index in [-0.39, 0.29) is 18.6 Å². The van der Waals surface area contributed by atoms with Crippen molar-refractivity contribution in [1.29, 1.82) is 0 Å². The van der Waals surface area contributed by atoms with E-state index >= 15 is 0 Å². The minimum atomic E-state index is -0.638. The molecule has 0 aliphatic heterocycles. The van der Waals surface area contributed by atoms with Gasteiger partial charge in [-0.1, -0.05) is 35.9 Å². The molecule has 152 valence electrons. The number of Topliss-reactive ketones (excluding diaryl/α,β-unsaturated/α-hetero) is 1. The number of ketones is 1. The molecule has 0 bridgehead atoms. The van der Waals surface area contributed by atoms with Gasteiger partial charge in [-0.3, -0.25) is 14.4 Å². The van der Waals surface area contributed by atoms with Crippen LogP contribution in [-0.4, -0.2) is 37.3 Å². The van der Waals surface area contributed by atoms with Crippen LogP contribution >= 0.6 is 0 Å². The third-order valence-electron chi connectivity index (χ3n) is 4.23. The Bertz CT molecular complexity index is 917. The van der Waals surface area contributed by atoms with Crippen molar-refractivity contribution in [2.45, 2.75) is 26.7 Å². The highest BCUT2D eigenvalue weighted by molar-refractivity contribution is 5.98. The third kappa shape index (κ3) is 6.57. The Morgan fingerprint density at radius 2 is 1.55 bits per heavy atom. The molecule has 0 heterocycles. The highest BCUT2D eigenvalue weighted by Gasteiger charge is 2.14. The third-order valence-corrected chi connectivity index (χ3v) is 4.23. The van der Waals surface area contributed by atoms with Crippen LogP contribution in [0.4, 0.5) is 5.69 Å². The van der Waals surface area contributed by atoms with E-state index in [0.29, 0.717) is 16.8 Å². The second-order valence-corrected chi connectivity index (χ2v) is 6.52. The van der Waals surface area contributed by atoms with E-state index < -0.39 is 24.5 Å². The Kier molecular flexibility index (Phi) is 7.65. The number of ether oxygens (including phenoxy) is 2. The number of hydrogen-bond acceptors (Lipinski definition) is 6. The van der Waals surface area contributed by atoms with Crippen molar-refractivity contribution in [2.75, 3.05) is 19.0 Å². The number of nitrogens with one attached hydrogen (secondary N) is 1. The second kappa shape index (κ2) is 10.2. The first-order valence-electron chi connectivity index (χ1n) is 9.04. The molecule has 1 amide bonds. The summed E-state index contributed by atoms with van der Waals surface area (Å²) in [6.07, 6.45) is -0.110. The highest BCUT2D eigenvalue weighted by atomic mass is 16.5. The van der Waals surface area contributed by atoms with Crippen LogP contribution in [0.1, 0.15) is 44.7 Å². The van der Waals surface area contributed by atoms with E-state index in [9.17, 15) is 19.2 Å². The van der Waals surface area contributed by atoms with Crippen molar-refractivity contribution >= 4 is 29.3 Å². The monoisotopic (exact) mass is 397 g/mol. The average molecular weight is 397 g/mol. The van der Waals surface area contributed by atoms with Gasteiger partial charge in [0.05, 0.1) is 19.1 Å². The molecule has 2 rings (SSSR count). The molecule has 0 atom stereocenters. The Hall–Kier alpha value is -3.48. The number of rotatable bonds is 8. The predicted molar refractivity (Wildman–Crippen MR) is 107 cm³/mol. The van der Waals surface area contributed by atoms with Gasteiger partial charge in [-0.25, -0.2) is 4.79 Å². The lowest BCUT2D eigenvalue weighted by molar-refractivity contribution is -0.147. The van der Waals surface area contributed by atoms with Gasteiger partial charge < -0.3 is 14.8 Å². The molecule has 7 heteroatoms. The summed E-state index contributed by atoms with van der Waals surface area (Å²) in [6, 6.07) is 11.8. The molecular formula is C22H23NO6. The lowest BCUT2D eigenvalue weighted by Gasteiger charge is -2.10. The van der Waals surface area contributed by atoms with Crippen LogP contribution in [0.15, 0.2) is 42.5 Å². The largest absolute Gasteiger partial charge is 0.465 e.